The first kappa shape index (κ1) is 17.1. The van der Waals surface area contributed by atoms with Crippen molar-refractivity contribution >= 4 is 27.7 Å². The highest BCUT2D eigenvalue weighted by molar-refractivity contribution is 9.10. The van der Waals surface area contributed by atoms with E-state index in [4.69, 9.17) is 0 Å². The smallest absolute Gasteiger partial charge is 0.256 e. The summed E-state index contributed by atoms with van der Waals surface area (Å²) in [5, 5.41) is 2.87. The van der Waals surface area contributed by atoms with Gasteiger partial charge in [-0.1, -0.05) is 22.0 Å². The topological polar surface area (TPSA) is 48.5 Å². The van der Waals surface area contributed by atoms with Gasteiger partial charge >= 0.3 is 0 Å². The molecule has 5 nitrogen and oxygen atoms in total. The Morgan fingerprint density at radius 1 is 1.12 bits per heavy atom. The van der Waals surface area contributed by atoms with Gasteiger partial charge in [-0.05, 0) is 43.4 Å². The van der Waals surface area contributed by atoms with Crippen LogP contribution in [0.4, 0.5) is 5.82 Å². The van der Waals surface area contributed by atoms with Crippen LogP contribution in [0.3, 0.4) is 0 Å². The average molecular weight is 389 g/mol. The van der Waals surface area contributed by atoms with Crippen molar-refractivity contribution in [1.29, 1.82) is 0 Å². The van der Waals surface area contributed by atoms with Crippen LogP contribution in [-0.4, -0.2) is 53.9 Å². The summed E-state index contributed by atoms with van der Waals surface area (Å²) in [6.45, 7) is 5.08. The Morgan fingerprint density at radius 2 is 1.83 bits per heavy atom. The molecular formula is C18H21BrN4O. The van der Waals surface area contributed by atoms with Crippen molar-refractivity contribution in [3.05, 3.63) is 58.2 Å². The highest BCUT2D eigenvalue weighted by atomic mass is 79.9. The summed E-state index contributed by atoms with van der Waals surface area (Å²) >= 11 is 3.37. The molecule has 1 aromatic carbocycles. The number of aromatic nitrogens is 1. The number of benzene rings is 1. The number of rotatable bonds is 4. The second-order valence-corrected chi connectivity index (χ2v) is 6.97. The number of hydrogen-bond acceptors (Lipinski definition) is 4. The van der Waals surface area contributed by atoms with Gasteiger partial charge in [-0.2, -0.15) is 0 Å². The molecule has 0 unspecified atom stereocenters. The monoisotopic (exact) mass is 388 g/mol. The van der Waals surface area contributed by atoms with Gasteiger partial charge in [0.25, 0.3) is 5.91 Å². The molecule has 3 rings (SSSR count). The van der Waals surface area contributed by atoms with E-state index >= 15 is 0 Å². The van der Waals surface area contributed by atoms with Crippen molar-refractivity contribution < 1.29 is 4.79 Å². The fraction of sp³-hybridized carbons (Fsp3) is 0.333. The minimum Gasteiger partial charge on any atom is -0.307 e. The van der Waals surface area contributed by atoms with Crippen molar-refractivity contribution in [1.82, 2.24) is 14.8 Å². The minimum atomic E-state index is -0.147. The molecule has 2 aromatic rings. The first-order valence-corrected chi connectivity index (χ1v) is 8.83. The number of halogens is 1. The van der Waals surface area contributed by atoms with Crippen LogP contribution in [0.25, 0.3) is 0 Å². The number of carbonyl (C=O) groups excluding carboxylic acids is 1. The van der Waals surface area contributed by atoms with Crippen LogP contribution in [0.5, 0.6) is 0 Å². The maximum atomic E-state index is 12.3. The third kappa shape index (κ3) is 4.63. The first-order chi connectivity index (χ1) is 11.6. The maximum absolute atomic E-state index is 12.3. The summed E-state index contributed by atoms with van der Waals surface area (Å²) in [7, 11) is 2.15. The number of carbonyl (C=O) groups is 1. The van der Waals surface area contributed by atoms with E-state index < -0.39 is 0 Å². The normalized spacial score (nSPS) is 16.1. The van der Waals surface area contributed by atoms with Gasteiger partial charge < -0.3 is 10.2 Å². The summed E-state index contributed by atoms with van der Waals surface area (Å²) < 4.78 is 0.950. The van der Waals surface area contributed by atoms with Crippen molar-refractivity contribution in [2.75, 3.05) is 38.5 Å². The van der Waals surface area contributed by atoms with Gasteiger partial charge in [0.05, 0.1) is 5.69 Å². The lowest BCUT2D eigenvalue weighted by molar-refractivity contribution is 0.102. The van der Waals surface area contributed by atoms with Gasteiger partial charge in [0, 0.05) is 42.8 Å². The van der Waals surface area contributed by atoms with E-state index in [2.05, 4.69) is 43.1 Å². The Labute approximate surface area is 150 Å². The van der Waals surface area contributed by atoms with E-state index in [0.29, 0.717) is 11.4 Å². The highest BCUT2D eigenvalue weighted by Gasteiger charge is 2.14. The Morgan fingerprint density at radius 3 is 2.54 bits per heavy atom. The molecule has 0 bridgehead atoms. The zero-order chi connectivity index (χ0) is 16.9. The van der Waals surface area contributed by atoms with Crippen molar-refractivity contribution in [3.63, 3.8) is 0 Å². The molecule has 1 aliphatic rings. The van der Waals surface area contributed by atoms with E-state index in [0.717, 1.165) is 42.9 Å². The molecule has 1 amide bonds. The maximum Gasteiger partial charge on any atom is 0.256 e. The predicted octanol–water partition coefficient (Wildman–Crippen LogP) is 2.84. The Hall–Kier alpha value is -1.76. The second-order valence-electron chi connectivity index (χ2n) is 6.05. The van der Waals surface area contributed by atoms with Crippen molar-refractivity contribution in [2.24, 2.45) is 0 Å². The third-order valence-corrected chi connectivity index (χ3v) is 4.66. The number of nitrogens with one attached hydrogen (secondary N) is 1. The summed E-state index contributed by atoms with van der Waals surface area (Å²) in [5.41, 5.74) is 1.60. The summed E-state index contributed by atoms with van der Waals surface area (Å²) in [4.78, 5) is 21.6. The molecule has 0 aliphatic carbocycles. The molecule has 0 saturated carbocycles. The molecule has 1 N–H and O–H groups in total. The zero-order valence-electron chi connectivity index (χ0n) is 13.7. The SMILES string of the molecule is CN1CCN(Cc2cccc(NC(=O)c3ccc(Br)cc3)n2)CC1. The molecule has 0 radical (unpaired) electrons. The van der Waals surface area contributed by atoms with Gasteiger partial charge in [0.1, 0.15) is 5.82 Å². The van der Waals surface area contributed by atoms with E-state index in [1.165, 1.54) is 0 Å². The molecule has 1 saturated heterocycles. The molecule has 1 aliphatic heterocycles. The van der Waals surface area contributed by atoms with Crippen molar-refractivity contribution in [3.8, 4) is 0 Å². The molecule has 2 heterocycles. The lowest BCUT2D eigenvalue weighted by atomic mass is 10.2. The Kier molecular flexibility index (Phi) is 5.60. The van der Waals surface area contributed by atoms with Gasteiger partial charge in [-0.15, -0.1) is 0 Å². The van der Waals surface area contributed by atoms with Gasteiger partial charge in [0.2, 0.25) is 0 Å². The lowest BCUT2D eigenvalue weighted by Gasteiger charge is -2.32. The van der Waals surface area contributed by atoms with E-state index in [9.17, 15) is 4.79 Å². The molecular weight excluding hydrogens is 368 g/mol. The number of pyridine rings is 1. The molecule has 24 heavy (non-hydrogen) atoms. The zero-order valence-corrected chi connectivity index (χ0v) is 15.3. The van der Waals surface area contributed by atoms with E-state index in [-0.39, 0.29) is 5.91 Å². The summed E-state index contributed by atoms with van der Waals surface area (Å²) in [6, 6.07) is 13.0. The first-order valence-electron chi connectivity index (χ1n) is 8.04. The average Bonchev–Trinajstić information content (AvgIpc) is 2.58. The van der Waals surface area contributed by atoms with Crippen LogP contribution < -0.4 is 5.32 Å². The lowest BCUT2D eigenvalue weighted by Crippen LogP contribution is -2.44. The van der Waals surface area contributed by atoms with E-state index in [1.54, 1.807) is 12.1 Å². The molecule has 1 aromatic heterocycles. The number of piperazine rings is 1. The summed E-state index contributed by atoms with van der Waals surface area (Å²) in [5.74, 6) is 0.446. The standard InChI is InChI=1S/C18H21BrN4O/c1-22-9-11-23(12-10-22)13-16-3-2-4-17(20-16)21-18(24)14-5-7-15(19)8-6-14/h2-8H,9-13H2,1H3,(H,20,21,24). The Balaban J connectivity index is 1.62. The molecule has 0 atom stereocenters. The number of hydrogen-bond donors (Lipinski definition) is 1. The van der Waals surface area contributed by atoms with Gasteiger partial charge in [-0.3, -0.25) is 9.69 Å². The van der Waals surface area contributed by atoms with Gasteiger partial charge in [-0.25, -0.2) is 4.98 Å². The fourth-order valence-electron chi connectivity index (χ4n) is 2.66. The van der Waals surface area contributed by atoms with Crippen LogP contribution >= 0.6 is 15.9 Å². The second kappa shape index (κ2) is 7.88. The van der Waals surface area contributed by atoms with Crippen LogP contribution in [0.2, 0.25) is 0 Å². The minimum absolute atomic E-state index is 0.147. The van der Waals surface area contributed by atoms with Gasteiger partial charge in [0.15, 0.2) is 0 Å². The molecule has 1 fully saturated rings. The molecule has 126 valence electrons. The Bertz CT molecular complexity index is 696. The van der Waals surface area contributed by atoms with Crippen LogP contribution in [0.1, 0.15) is 16.1 Å². The number of nitrogens with zero attached hydrogens (tertiary/aromatic N) is 3. The number of anilines is 1. The third-order valence-electron chi connectivity index (χ3n) is 4.14. The van der Waals surface area contributed by atoms with Crippen LogP contribution in [-0.2, 0) is 6.54 Å². The number of amides is 1. The van der Waals surface area contributed by atoms with Crippen LogP contribution in [0.15, 0.2) is 46.9 Å². The number of likely N-dealkylation sites (N-methyl/N-ethyl adjacent to an activating group) is 1. The summed E-state index contributed by atoms with van der Waals surface area (Å²) in [6.07, 6.45) is 0. The predicted molar refractivity (Wildman–Crippen MR) is 99.1 cm³/mol. The molecule has 6 heteroatoms. The van der Waals surface area contributed by atoms with E-state index in [1.807, 2.05) is 30.3 Å². The molecule has 0 spiro atoms. The van der Waals surface area contributed by atoms with Crippen LogP contribution in [0, 0.1) is 0 Å². The quantitative estimate of drug-likeness (QED) is 0.874. The van der Waals surface area contributed by atoms with Crippen molar-refractivity contribution in [2.45, 2.75) is 6.54 Å². The largest absolute Gasteiger partial charge is 0.307 e. The highest BCUT2D eigenvalue weighted by Crippen LogP contribution is 2.13. The fourth-order valence-corrected chi connectivity index (χ4v) is 2.93.